The second-order valence-corrected chi connectivity index (χ2v) is 8.35. The largest absolute Gasteiger partial charge is 0.325 e. The molecule has 0 radical (unpaired) electrons. The van der Waals surface area contributed by atoms with Gasteiger partial charge in [-0.05, 0) is 29.8 Å². The quantitative estimate of drug-likeness (QED) is 0.209. The van der Waals surface area contributed by atoms with Crippen LogP contribution in [0.5, 0.6) is 0 Å². The van der Waals surface area contributed by atoms with E-state index in [1.54, 1.807) is 6.07 Å². The number of hydrogen-bond acceptors (Lipinski definition) is 6. The fourth-order valence-corrected chi connectivity index (χ4v) is 4.10. The Kier molecular flexibility index (Phi) is 7.01. The number of carbonyl (C=O) groups excluding carboxylic acids is 1. The minimum Gasteiger partial charge on any atom is -0.325 e. The molecule has 3 aromatic carbocycles. The summed E-state index contributed by atoms with van der Waals surface area (Å²) in [6, 6.07) is 23.0. The predicted octanol–water partition coefficient (Wildman–Crippen LogP) is 5.29. The van der Waals surface area contributed by atoms with Gasteiger partial charge in [0.15, 0.2) is 11.0 Å². The van der Waals surface area contributed by atoms with Gasteiger partial charge >= 0.3 is 0 Å². The maximum absolute atomic E-state index is 12.5. The fraction of sp³-hybridized carbons (Fsp3) is 0.0870. The highest BCUT2D eigenvalue weighted by Crippen LogP contribution is 2.30. The summed E-state index contributed by atoms with van der Waals surface area (Å²) in [5.41, 5.74) is 2.25. The number of nitro groups is 1. The number of non-ortho nitro benzene ring substituents is 1. The molecule has 0 unspecified atom stereocenters. The molecule has 10 heteroatoms. The molecule has 4 aromatic rings. The zero-order valence-corrected chi connectivity index (χ0v) is 18.8. The van der Waals surface area contributed by atoms with E-state index in [0.717, 1.165) is 11.1 Å². The average Bonchev–Trinajstić information content (AvgIpc) is 3.21. The molecule has 0 spiro atoms. The number of thioether (sulfide) groups is 1. The van der Waals surface area contributed by atoms with Crippen molar-refractivity contribution in [2.75, 3.05) is 11.1 Å². The van der Waals surface area contributed by atoms with E-state index < -0.39 is 4.92 Å². The Hall–Kier alpha value is -3.69. The van der Waals surface area contributed by atoms with Gasteiger partial charge in [-0.3, -0.25) is 19.5 Å². The third-order valence-electron chi connectivity index (χ3n) is 4.71. The molecule has 1 heterocycles. The number of carbonyl (C=O) groups is 1. The highest BCUT2D eigenvalue weighted by Gasteiger charge is 2.18. The lowest BCUT2D eigenvalue weighted by molar-refractivity contribution is -0.384. The summed E-state index contributed by atoms with van der Waals surface area (Å²) in [5.74, 6) is 0.442. The molecule has 0 saturated heterocycles. The van der Waals surface area contributed by atoms with Gasteiger partial charge in [-0.25, -0.2) is 0 Å². The zero-order valence-electron chi connectivity index (χ0n) is 17.2. The van der Waals surface area contributed by atoms with E-state index in [1.165, 1.54) is 36.0 Å². The van der Waals surface area contributed by atoms with E-state index in [0.29, 0.717) is 28.2 Å². The molecule has 0 aliphatic rings. The van der Waals surface area contributed by atoms with Crippen LogP contribution in [-0.2, 0) is 11.3 Å². The zero-order chi connectivity index (χ0) is 23.2. The molecular formula is C23H18ClN5O3S. The lowest BCUT2D eigenvalue weighted by atomic mass is 10.2. The molecule has 1 amide bonds. The van der Waals surface area contributed by atoms with E-state index in [4.69, 9.17) is 11.6 Å². The third kappa shape index (κ3) is 5.57. The Bertz CT molecular complexity index is 1280. The molecule has 0 atom stereocenters. The summed E-state index contributed by atoms with van der Waals surface area (Å²) in [6.45, 7) is 0.515. The van der Waals surface area contributed by atoms with Gasteiger partial charge in [-0.2, -0.15) is 0 Å². The molecule has 4 rings (SSSR count). The highest BCUT2D eigenvalue weighted by atomic mass is 35.5. The Morgan fingerprint density at radius 1 is 1.00 bits per heavy atom. The van der Waals surface area contributed by atoms with Crippen molar-refractivity contribution < 1.29 is 9.72 Å². The summed E-state index contributed by atoms with van der Waals surface area (Å²) >= 11 is 7.65. The number of benzene rings is 3. The van der Waals surface area contributed by atoms with Crippen molar-refractivity contribution in [2.24, 2.45) is 0 Å². The molecular weight excluding hydrogens is 462 g/mol. The summed E-state index contributed by atoms with van der Waals surface area (Å²) in [5, 5.41) is 23.3. The molecule has 0 bridgehead atoms. The van der Waals surface area contributed by atoms with Crippen molar-refractivity contribution in [1.82, 2.24) is 14.8 Å². The molecule has 8 nitrogen and oxygen atoms in total. The Labute approximate surface area is 198 Å². The fourth-order valence-electron chi connectivity index (χ4n) is 3.14. The van der Waals surface area contributed by atoms with Gasteiger partial charge in [0.05, 0.1) is 22.2 Å². The van der Waals surface area contributed by atoms with Crippen LogP contribution in [0, 0.1) is 10.1 Å². The molecule has 33 heavy (non-hydrogen) atoms. The van der Waals surface area contributed by atoms with Gasteiger partial charge in [0.2, 0.25) is 5.91 Å². The second kappa shape index (κ2) is 10.3. The number of aromatic nitrogens is 3. The van der Waals surface area contributed by atoms with Gasteiger partial charge in [-0.15, -0.1) is 10.2 Å². The van der Waals surface area contributed by atoms with E-state index in [-0.39, 0.29) is 17.3 Å². The monoisotopic (exact) mass is 479 g/mol. The molecule has 166 valence electrons. The Morgan fingerprint density at radius 3 is 2.39 bits per heavy atom. The smallest absolute Gasteiger partial charge is 0.269 e. The molecule has 1 aromatic heterocycles. The lowest BCUT2D eigenvalue weighted by Gasteiger charge is -2.11. The van der Waals surface area contributed by atoms with Gasteiger partial charge in [0.25, 0.3) is 5.69 Å². The first-order chi connectivity index (χ1) is 16.0. The maximum atomic E-state index is 12.5. The second-order valence-electron chi connectivity index (χ2n) is 7.00. The molecule has 0 aliphatic heterocycles. The van der Waals surface area contributed by atoms with Gasteiger partial charge in [0, 0.05) is 23.4 Å². The van der Waals surface area contributed by atoms with Crippen molar-refractivity contribution >= 4 is 40.6 Å². The van der Waals surface area contributed by atoms with Crippen LogP contribution in [0.4, 0.5) is 11.4 Å². The Morgan fingerprint density at radius 2 is 1.70 bits per heavy atom. The third-order valence-corrected chi connectivity index (χ3v) is 6.01. The first kappa shape index (κ1) is 22.5. The minimum absolute atomic E-state index is 0.0384. The number of nitrogens with one attached hydrogen (secondary N) is 1. The summed E-state index contributed by atoms with van der Waals surface area (Å²) in [6.07, 6.45) is 0. The topological polar surface area (TPSA) is 103 Å². The maximum Gasteiger partial charge on any atom is 0.269 e. The van der Waals surface area contributed by atoms with Gasteiger partial charge < -0.3 is 5.32 Å². The highest BCUT2D eigenvalue weighted by molar-refractivity contribution is 7.99. The molecule has 0 fully saturated rings. The van der Waals surface area contributed by atoms with Gasteiger partial charge in [0.1, 0.15) is 0 Å². The van der Waals surface area contributed by atoms with Crippen LogP contribution in [0.2, 0.25) is 5.02 Å². The van der Waals surface area contributed by atoms with E-state index in [1.807, 2.05) is 53.1 Å². The summed E-state index contributed by atoms with van der Waals surface area (Å²) in [4.78, 5) is 22.7. The Balaban J connectivity index is 1.52. The first-order valence-electron chi connectivity index (χ1n) is 9.90. The SMILES string of the molecule is O=C(CSc1nnc(-c2ccccc2Cl)n1Cc1ccccc1)Nc1ccc([N+](=O)[O-])cc1. The number of hydrogen-bond donors (Lipinski definition) is 1. The number of amides is 1. The predicted molar refractivity (Wildman–Crippen MR) is 128 cm³/mol. The number of anilines is 1. The van der Waals surface area contributed by atoms with E-state index in [9.17, 15) is 14.9 Å². The first-order valence-corrected chi connectivity index (χ1v) is 11.3. The van der Waals surface area contributed by atoms with Crippen LogP contribution in [0.1, 0.15) is 5.56 Å². The number of nitro benzene ring substituents is 1. The number of nitrogens with zero attached hydrogens (tertiary/aromatic N) is 4. The molecule has 0 saturated carbocycles. The number of rotatable bonds is 8. The van der Waals surface area contributed by atoms with Crippen LogP contribution in [0.25, 0.3) is 11.4 Å². The standard InChI is InChI=1S/C23H18ClN5O3S/c24-20-9-5-4-8-19(20)22-26-27-23(28(22)14-16-6-2-1-3-7-16)33-15-21(30)25-17-10-12-18(13-11-17)29(31)32/h1-13H,14-15H2,(H,25,30). The normalized spacial score (nSPS) is 10.7. The van der Waals surface area contributed by atoms with Crippen molar-refractivity contribution in [2.45, 2.75) is 11.7 Å². The van der Waals surface area contributed by atoms with Crippen LogP contribution in [0.3, 0.4) is 0 Å². The van der Waals surface area contributed by atoms with Crippen molar-refractivity contribution in [3.8, 4) is 11.4 Å². The van der Waals surface area contributed by atoms with Crippen molar-refractivity contribution in [3.63, 3.8) is 0 Å². The summed E-state index contributed by atoms with van der Waals surface area (Å²) in [7, 11) is 0. The van der Waals surface area contributed by atoms with Gasteiger partial charge in [-0.1, -0.05) is 65.8 Å². The van der Waals surface area contributed by atoms with Crippen LogP contribution < -0.4 is 5.32 Å². The van der Waals surface area contributed by atoms with Crippen molar-refractivity contribution in [3.05, 3.63) is 99.6 Å². The van der Waals surface area contributed by atoms with Crippen LogP contribution in [-0.4, -0.2) is 31.3 Å². The molecule has 1 N–H and O–H groups in total. The van der Waals surface area contributed by atoms with E-state index in [2.05, 4.69) is 15.5 Å². The number of halogens is 1. The lowest BCUT2D eigenvalue weighted by Crippen LogP contribution is -2.14. The van der Waals surface area contributed by atoms with E-state index >= 15 is 0 Å². The summed E-state index contributed by atoms with van der Waals surface area (Å²) < 4.78 is 1.93. The van der Waals surface area contributed by atoms with Crippen molar-refractivity contribution in [1.29, 1.82) is 0 Å². The average molecular weight is 480 g/mol. The minimum atomic E-state index is -0.489. The molecule has 0 aliphatic carbocycles. The van der Waals surface area contributed by atoms with Crippen LogP contribution >= 0.6 is 23.4 Å². The van der Waals surface area contributed by atoms with Crippen LogP contribution in [0.15, 0.2) is 84.0 Å².